The van der Waals surface area contributed by atoms with Crippen LogP contribution in [0, 0.1) is 17.3 Å². The molecule has 0 spiro atoms. The number of thioether (sulfide) groups is 1. The number of phenols is 2. The van der Waals surface area contributed by atoms with Gasteiger partial charge in [0.15, 0.2) is 11.5 Å². The predicted molar refractivity (Wildman–Crippen MR) is 106 cm³/mol. The molecular weight excluding hydrogens is 378 g/mol. The van der Waals surface area contributed by atoms with Gasteiger partial charge in [-0.3, -0.25) is 9.59 Å². The fourth-order valence-corrected chi connectivity index (χ4v) is 6.96. The minimum Gasteiger partial charge on any atom is -0.504 e. The van der Waals surface area contributed by atoms with Crippen molar-refractivity contribution in [3.05, 3.63) is 17.2 Å². The second-order valence-electron chi connectivity index (χ2n) is 8.73. The Morgan fingerprint density at radius 3 is 2.79 bits per heavy atom. The zero-order valence-electron chi connectivity index (χ0n) is 16.0. The zero-order valence-corrected chi connectivity index (χ0v) is 16.8. The molecule has 6 nitrogen and oxygen atoms in total. The summed E-state index contributed by atoms with van der Waals surface area (Å²) in [5, 5.41) is 29.8. The van der Waals surface area contributed by atoms with E-state index in [2.05, 4.69) is 6.92 Å². The van der Waals surface area contributed by atoms with Crippen molar-refractivity contribution >= 4 is 23.5 Å². The number of carbonyl (C=O) groups excluding carboxylic acids is 1. The van der Waals surface area contributed by atoms with Crippen LogP contribution in [-0.4, -0.2) is 38.9 Å². The maximum absolute atomic E-state index is 12.5. The average molecular weight is 406 g/mol. The van der Waals surface area contributed by atoms with Crippen LogP contribution in [0.2, 0.25) is 0 Å². The highest BCUT2D eigenvalue weighted by molar-refractivity contribution is 7.99. The van der Waals surface area contributed by atoms with Crippen molar-refractivity contribution < 1.29 is 24.9 Å². The van der Waals surface area contributed by atoms with Crippen molar-refractivity contribution in [3.63, 3.8) is 0 Å². The van der Waals surface area contributed by atoms with Crippen molar-refractivity contribution in [2.75, 3.05) is 5.75 Å². The number of fused-ring (bicyclic) bond motifs is 5. The Balaban J connectivity index is 1.68. The number of Topliss-reactive ketones (excluding diaryl/α,β-unsaturated/α-hetero) is 1. The minimum atomic E-state index is -1.08. The SMILES string of the molecule is C[C@]12CC[C@@H]3c4cc(O)c(O)c(SC[C@@H](N)C(=O)O)c4CC[C@H]3[C@@H]1CCC2=O. The number of aromatic hydroxyl groups is 2. The summed E-state index contributed by atoms with van der Waals surface area (Å²) in [6.07, 6.45) is 5.10. The lowest BCUT2D eigenvalue weighted by Gasteiger charge is -2.48. The van der Waals surface area contributed by atoms with Crippen LogP contribution in [0.3, 0.4) is 0 Å². The van der Waals surface area contributed by atoms with Crippen LogP contribution in [0.1, 0.15) is 56.1 Å². The number of ketones is 1. The summed E-state index contributed by atoms with van der Waals surface area (Å²) in [6, 6.07) is 0.654. The van der Waals surface area contributed by atoms with Gasteiger partial charge in [0.25, 0.3) is 0 Å². The van der Waals surface area contributed by atoms with E-state index >= 15 is 0 Å². The van der Waals surface area contributed by atoms with Crippen molar-refractivity contribution in [1.29, 1.82) is 0 Å². The molecule has 7 heteroatoms. The number of rotatable bonds is 4. The van der Waals surface area contributed by atoms with Crippen LogP contribution in [0.25, 0.3) is 0 Å². The van der Waals surface area contributed by atoms with E-state index in [9.17, 15) is 19.8 Å². The number of benzene rings is 1. The maximum Gasteiger partial charge on any atom is 0.321 e. The summed E-state index contributed by atoms with van der Waals surface area (Å²) in [4.78, 5) is 24.1. The van der Waals surface area contributed by atoms with Gasteiger partial charge in [0, 0.05) is 17.6 Å². The number of aliphatic carboxylic acids is 1. The first-order chi connectivity index (χ1) is 13.2. The monoisotopic (exact) mass is 405 g/mol. The highest BCUT2D eigenvalue weighted by atomic mass is 32.2. The van der Waals surface area contributed by atoms with Gasteiger partial charge in [-0.05, 0) is 67.1 Å². The van der Waals surface area contributed by atoms with Gasteiger partial charge in [-0.1, -0.05) is 6.92 Å². The van der Waals surface area contributed by atoms with Gasteiger partial charge in [-0.15, -0.1) is 11.8 Å². The number of hydrogen-bond donors (Lipinski definition) is 4. The first-order valence-corrected chi connectivity index (χ1v) is 10.9. The third-order valence-corrected chi connectivity index (χ3v) is 8.62. The van der Waals surface area contributed by atoms with Crippen LogP contribution >= 0.6 is 11.8 Å². The van der Waals surface area contributed by atoms with Crippen LogP contribution in [-0.2, 0) is 16.0 Å². The van der Waals surface area contributed by atoms with Crippen molar-refractivity contribution in [3.8, 4) is 11.5 Å². The molecule has 0 heterocycles. The molecule has 4 rings (SSSR count). The number of carboxylic acid groups (broad SMARTS) is 1. The smallest absolute Gasteiger partial charge is 0.321 e. The quantitative estimate of drug-likeness (QED) is 0.449. The molecule has 0 aromatic heterocycles. The Morgan fingerprint density at radius 2 is 2.07 bits per heavy atom. The second-order valence-corrected chi connectivity index (χ2v) is 9.76. The first-order valence-electron chi connectivity index (χ1n) is 9.96. The number of carbonyl (C=O) groups is 2. The minimum absolute atomic E-state index is 0.127. The van der Waals surface area contributed by atoms with E-state index in [1.165, 1.54) is 11.8 Å². The van der Waals surface area contributed by atoms with E-state index in [-0.39, 0.29) is 28.6 Å². The Morgan fingerprint density at radius 1 is 1.32 bits per heavy atom. The summed E-state index contributed by atoms with van der Waals surface area (Å²) in [6.45, 7) is 2.13. The summed E-state index contributed by atoms with van der Waals surface area (Å²) < 4.78 is 0. The molecular formula is C21H27NO5S. The Kier molecular flexibility index (Phi) is 4.86. The number of hydrogen-bond acceptors (Lipinski definition) is 6. The lowest BCUT2D eigenvalue weighted by atomic mass is 9.55. The van der Waals surface area contributed by atoms with E-state index < -0.39 is 12.0 Å². The van der Waals surface area contributed by atoms with Gasteiger partial charge in [0.05, 0.1) is 4.90 Å². The van der Waals surface area contributed by atoms with E-state index in [1.54, 1.807) is 6.07 Å². The molecule has 0 unspecified atom stereocenters. The molecule has 3 aliphatic carbocycles. The molecule has 2 saturated carbocycles. The highest BCUT2D eigenvalue weighted by Crippen LogP contribution is 2.61. The maximum atomic E-state index is 12.5. The fourth-order valence-electron chi connectivity index (χ4n) is 5.84. The molecule has 28 heavy (non-hydrogen) atoms. The Hall–Kier alpha value is -1.73. The van der Waals surface area contributed by atoms with E-state index in [0.717, 1.165) is 43.2 Å². The lowest BCUT2D eigenvalue weighted by Crippen LogP contribution is -2.42. The molecule has 1 aromatic carbocycles. The van der Waals surface area contributed by atoms with Crippen molar-refractivity contribution in [2.24, 2.45) is 23.0 Å². The second kappa shape index (κ2) is 6.95. The third-order valence-electron chi connectivity index (χ3n) is 7.37. The van der Waals surface area contributed by atoms with Gasteiger partial charge in [-0.2, -0.15) is 0 Å². The molecule has 5 N–H and O–H groups in total. The average Bonchev–Trinajstić information content (AvgIpc) is 2.96. The molecule has 0 aliphatic heterocycles. The standard InChI is InChI=1S/C21H27NO5S/c1-21-7-6-10-11(14(21)4-5-17(21)24)2-3-12-13(10)8-16(23)18(25)19(12)28-9-15(22)20(26)27/h8,10-11,14-15,23,25H,2-7,9,22H2,1H3,(H,26,27)/t10-,11+,14-,15+,21-/m0/s1. The number of carboxylic acids is 1. The molecule has 3 aliphatic rings. The van der Waals surface area contributed by atoms with E-state index in [1.807, 2.05) is 0 Å². The molecule has 0 bridgehead atoms. The van der Waals surface area contributed by atoms with Gasteiger partial charge in [0.2, 0.25) is 0 Å². The van der Waals surface area contributed by atoms with Crippen LogP contribution in [0.15, 0.2) is 11.0 Å². The first kappa shape index (κ1) is 19.6. The van der Waals surface area contributed by atoms with Crippen molar-refractivity contribution in [2.45, 2.75) is 62.3 Å². The number of phenolic OH excluding ortho intramolecular Hbond substituents is 2. The molecule has 2 fully saturated rings. The normalized spacial score (nSPS) is 32.4. The van der Waals surface area contributed by atoms with Crippen LogP contribution < -0.4 is 5.73 Å². The highest BCUT2D eigenvalue weighted by Gasteiger charge is 2.54. The van der Waals surface area contributed by atoms with Gasteiger partial charge < -0.3 is 21.1 Å². The van der Waals surface area contributed by atoms with E-state index in [4.69, 9.17) is 10.8 Å². The molecule has 0 radical (unpaired) electrons. The summed E-state index contributed by atoms with van der Waals surface area (Å²) >= 11 is 1.20. The summed E-state index contributed by atoms with van der Waals surface area (Å²) in [5.74, 6) is 0.167. The molecule has 0 saturated heterocycles. The van der Waals surface area contributed by atoms with Crippen LogP contribution in [0.4, 0.5) is 0 Å². The molecule has 1 aromatic rings. The largest absolute Gasteiger partial charge is 0.504 e. The molecule has 152 valence electrons. The molecule has 0 amide bonds. The Bertz CT molecular complexity index is 841. The molecule has 5 atom stereocenters. The van der Waals surface area contributed by atoms with Crippen molar-refractivity contribution in [1.82, 2.24) is 0 Å². The van der Waals surface area contributed by atoms with Gasteiger partial charge >= 0.3 is 5.97 Å². The number of nitrogens with two attached hydrogens (primary N) is 1. The van der Waals surface area contributed by atoms with E-state index in [0.29, 0.717) is 28.9 Å². The topological polar surface area (TPSA) is 121 Å². The predicted octanol–water partition coefficient (Wildman–Crippen LogP) is 3.03. The fraction of sp³-hybridized carbons (Fsp3) is 0.619. The lowest BCUT2D eigenvalue weighted by molar-refractivity contribution is -0.138. The van der Waals surface area contributed by atoms with Gasteiger partial charge in [0.1, 0.15) is 11.8 Å². The van der Waals surface area contributed by atoms with Crippen LogP contribution in [0.5, 0.6) is 11.5 Å². The Labute approximate surface area is 168 Å². The third kappa shape index (κ3) is 2.90. The summed E-state index contributed by atoms with van der Waals surface area (Å²) in [5.41, 5.74) is 7.48. The summed E-state index contributed by atoms with van der Waals surface area (Å²) in [7, 11) is 0. The zero-order chi connectivity index (χ0) is 20.2. The van der Waals surface area contributed by atoms with Gasteiger partial charge in [-0.25, -0.2) is 0 Å².